The lowest BCUT2D eigenvalue weighted by atomic mass is 10.0. The Morgan fingerprint density at radius 1 is 1.15 bits per heavy atom. The second kappa shape index (κ2) is 9.28. The predicted octanol–water partition coefficient (Wildman–Crippen LogP) is 2.20. The first-order valence-corrected chi connectivity index (χ1v) is 9.00. The molecule has 1 aromatic carbocycles. The summed E-state index contributed by atoms with van der Waals surface area (Å²) in [5.74, 6) is 0.262. The van der Waals surface area contributed by atoms with E-state index in [0.29, 0.717) is 31.0 Å². The lowest BCUT2D eigenvalue weighted by molar-refractivity contribution is -0.141. The molecule has 1 N–H and O–H groups in total. The number of carbonyl (C=O) groups excluding carboxylic acids is 1. The van der Waals surface area contributed by atoms with E-state index in [1.807, 2.05) is 28.0 Å². The van der Waals surface area contributed by atoms with E-state index in [1.165, 1.54) is 0 Å². The third kappa shape index (κ3) is 4.65. The van der Waals surface area contributed by atoms with Crippen LogP contribution in [0, 0.1) is 5.92 Å². The van der Waals surface area contributed by atoms with Crippen LogP contribution in [0.2, 0.25) is 0 Å². The van der Waals surface area contributed by atoms with E-state index in [2.05, 4.69) is 0 Å². The third-order valence-electron chi connectivity index (χ3n) is 5.35. The minimum Gasteiger partial charge on any atom is -0.493 e. The number of methoxy groups -OCH3 is 2. The average Bonchev–Trinajstić information content (AvgIpc) is 3.30. The maximum Gasteiger partial charge on any atom is 0.307 e. The van der Waals surface area contributed by atoms with Gasteiger partial charge in [0.1, 0.15) is 0 Å². The molecule has 2 unspecified atom stereocenters. The Labute approximate surface area is 165 Å². The predicted molar refractivity (Wildman–Crippen MR) is 103 cm³/mol. The van der Waals surface area contributed by atoms with Crippen LogP contribution < -0.4 is 9.47 Å². The molecule has 2 saturated heterocycles. The summed E-state index contributed by atoms with van der Waals surface area (Å²) in [4.78, 5) is 27.8. The van der Waals surface area contributed by atoms with Crippen LogP contribution in [0.25, 0.3) is 0 Å². The monoisotopic (exact) mass is 398 g/mol. The van der Waals surface area contributed by atoms with Gasteiger partial charge in [-0.1, -0.05) is 6.07 Å². The Balaban J connectivity index is 0.00000261. The summed E-state index contributed by atoms with van der Waals surface area (Å²) < 4.78 is 10.7. The fraction of sp³-hybridized carbons (Fsp3) is 0.579. The quantitative estimate of drug-likeness (QED) is 0.791. The van der Waals surface area contributed by atoms with Crippen molar-refractivity contribution in [3.63, 3.8) is 0 Å². The van der Waals surface area contributed by atoms with Crippen LogP contribution in [0.15, 0.2) is 18.2 Å². The van der Waals surface area contributed by atoms with Crippen molar-refractivity contribution in [2.75, 3.05) is 40.4 Å². The number of aliphatic carboxylic acids is 1. The summed E-state index contributed by atoms with van der Waals surface area (Å²) >= 11 is 0. The van der Waals surface area contributed by atoms with Crippen LogP contribution in [0.5, 0.6) is 11.5 Å². The van der Waals surface area contributed by atoms with E-state index >= 15 is 0 Å². The molecule has 1 amide bonds. The van der Waals surface area contributed by atoms with E-state index < -0.39 is 5.97 Å². The molecule has 2 fully saturated rings. The van der Waals surface area contributed by atoms with Crippen molar-refractivity contribution in [3.05, 3.63) is 23.8 Å². The lowest BCUT2D eigenvalue weighted by Crippen LogP contribution is -2.39. The van der Waals surface area contributed by atoms with Crippen molar-refractivity contribution >= 4 is 24.3 Å². The number of carbonyl (C=O) groups is 2. The number of benzene rings is 1. The van der Waals surface area contributed by atoms with Gasteiger partial charge in [0.15, 0.2) is 11.5 Å². The number of amides is 1. The zero-order chi connectivity index (χ0) is 18.7. The molecule has 27 heavy (non-hydrogen) atoms. The van der Waals surface area contributed by atoms with Crippen LogP contribution in [0.4, 0.5) is 0 Å². The van der Waals surface area contributed by atoms with E-state index in [-0.39, 0.29) is 36.8 Å². The number of carboxylic acid groups (broad SMARTS) is 1. The Kier molecular flexibility index (Phi) is 7.33. The van der Waals surface area contributed by atoms with Crippen LogP contribution in [0.1, 0.15) is 30.9 Å². The van der Waals surface area contributed by atoms with Crippen LogP contribution in [-0.4, -0.2) is 67.2 Å². The first kappa shape index (κ1) is 21.3. The Hall–Kier alpha value is -1.99. The van der Waals surface area contributed by atoms with Gasteiger partial charge in [0.2, 0.25) is 5.91 Å². The molecule has 1 aromatic rings. The van der Waals surface area contributed by atoms with Crippen molar-refractivity contribution < 1.29 is 24.2 Å². The van der Waals surface area contributed by atoms with Gasteiger partial charge in [0.05, 0.1) is 32.7 Å². The Morgan fingerprint density at radius 2 is 1.89 bits per heavy atom. The number of rotatable bonds is 6. The van der Waals surface area contributed by atoms with E-state index in [9.17, 15) is 9.59 Å². The third-order valence-corrected chi connectivity index (χ3v) is 5.35. The highest BCUT2D eigenvalue weighted by Crippen LogP contribution is 2.37. The van der Waals surface area contributed by atoms with Crippen molar-refractivity contribution in [3.8, 4) is 11.5 Å². The van der Waals surface area contributed by atoms with Crippen LogP contribution in [-0.2, 0) is 9.59 Å². The van der Waals surface area contributed by atoms with Gasteiger partial charge < -0.3 is 19.5 Å². The molecule has 0 saturated carbocycles. The molecule has 7 nitrogen and oxygen atoms in total. The zero-order valence-corrected chi connectivity index (χ0v) is 16.5. The van der Waals surface area contributed by atoms with Gasteiger partial charge in [-0.2, -0.15) is 0 Å². The Morgan fingerprint density at radius 3 is 2.52 bits per heavy atom. The number of halogens is 1. The van der Waals surface area contributed by atoms with Gasteiger partial charge >= 0.3 is 5.97 Å². The van der Waals surface area contributed by atoms with Gasteiger partial charge in [0, 0.05) is 13.1 Å². The number of ether oxygens (including phenoxy) is 2. The highest BCUT2D eigenvalue weighted by atomic mass is 35.5. The molecule has 0 aliphatic carbocycles. The first-order valence-electron chi connectivity index (χ1n) is 9.00. The van der Waals surface area contributed by atoms with E-state index in [1.54, 1.807) is 14.2 Å². The highest BCUT2D eigenvalue weighted by Gasteiger charge is 2.34. The summed E-state index contributed by atoms with van der Waals surface area (Å²) in [5, 5.41) is 9.12. The van der Waals surface area contributed by atoms with Crippen LogP contribution in [0.3, 0.4) is 0 Å². The lowest BCUT2D eigenvalue weighted by Gasteiger charge is -2.27. The molecule has 2 aliphatic rings. The molecule has 8 heteroatoms. The maximum atomic E-state index is 12.8. The molecule has 3 rings (SSSR count). The molecular weight excluding hydrogens is 372 g/mol. The number of likely N-dealkylation sites (tertiary alicyclic amines) is 2. The molecular formula is C19H27ClN2O5. The maximum absolute atomic E-state index is 12.8. The molecule has 2 aliphatic heterocycles. The minimum atomic E-state index is -0.774. The average molecular weight is 399 g/mol. The smallest absolute Gasteiger partial charge is 0.307 e. The molecule has 0 radical (unpaired) electrons. The van der Waals surface area contributed by atoms with E-state index in [4.69, 9.17) is 14.6 Å². The Bertz CT molecular complexity index is 684. The molecule has 2 heterocycles. The number of nitrogens with zero attached hydrogens (tertiary/aromatic N) is 2. The van der Waals surface area contributed by atoms with Crippen LogP contribution >= 0.6 is 12.4 Å². The summed E-state index contributed by atoms with van der Waals surface area (Å²) in [6, 6.07) is 5.81. The second-order valence-corrected chi connectivity index (χ2v) is 6.92. The first-order chi connectivity index (χ1) is 12.5. The van der Waals surface area contributed by atoms with Gasteiger partial charge in [-0.15, -0.1) is 12.4 Å². The minimum absolute atomic E-state index is 0. The zero-order valence-electron chi connectivity index (χ0n) is 15.7. The number of carboxylic acids is 1. The van der Waals surface area contributed by atoms with Crippen molar-refractivity contribution in [1.29, 1.82) is 0 Å². The van der Waals surface area contributed by atoms with Crippen molar-refractivity contribution in [2.24, 2.45) is 5.92 Å². The fourth-order valence-electron chi connectivity index (χ4n) is 3.93. The normalized spacial score (nSPS) is 22.4. The highest BCUT2D eigenvalue weighted by molar-refractivity contribution is 5.85. The van der Waals surface area contributed by atoms with Crippen molar-refractivity contribution in [2.45, 2.75) is 25.3 Å². The molecule has 0 spiro atoms. The van der Waals surface area contributed by atoms with Gasteiger partial charge in [-0.25, -0.2) is 0 Å². The van der Waals surface area contributed by atoms with Gasteiger partial charge in [-0.05, 0) is 43.5 Å². The van der Waals surface area contributed by atoms with Gasteiger partial charge in [-0.3, -0.25) is 14.5 Å². The fourth-order valence-corrected chi connectivity index (χ4v) is 3.93. The SMILES string of the molecule is COc1ccc(C2CCCN2C(=O)CN2CCC(C(=O)O)C2)cc1OC.Cl. The summed E-state index contributed by atoms with van der Waals surface area (Å²) in [6.45, 7) is 2.13. The summed E-state index contributed by atoms with van der Waals surface area (Å²) in [5.41, 5.74) is 1.04. The molecule has 2 atom stereocenters. The number of hydrogen-bond acceptors (Lipinski definition) is 5. The van der Waals surface area contributed by atoms with E-state index in [0.717, 1.165) is 24.9 Å². The largest absolute Gasteiger partial charge is 0.493 e. The molecule has 0 bridgehead atoms. The molecule has 0 aromatic heterocycles. The van der Waals surface area contributed by atoms with Gasteiger partial charge in [0.25, 0.3) is 0 Å². The summed E-state index contributed by atoms with van der Waals surface area (Å²) in [7, 11) is 3.20. The van der Waals surface area contributed by atoms with Crippen molar-refractivity contribution in [1.82, 2.24) is 9.80 Å². The molecule has 150 valence electrons. The standard InChI is InChI=1S/C19H26N2O5.ClH/c1-25-16-6-5-13(10-17(16)26-2)15-4-3-8-21(15)18(22)12-20-9-7-14(11-20)19(23)24;/h5-6,10,14-15H,3-4,7-9,11-12H2,1-2H3,(H,23,24);1H. The summed E-state index contributed by atoms with van der Waals surface area (Å²) in [6.07, 6.45) is 2.49. The number of hydrogen-bond donors (Lipinski definition) is 1. The topological polar surface area (TPSA) is 79.3 Å². The second-order valence-electron chi connectivity index (χ2n) is 6.92.